The first-order chi connectivity index (χ1) is 4.22. The first kappa shape index (κ1) is 6.57. The summed E-state index contributed by atoms with van der Waals surface area (Å²) in [6, 6.07) is 0. The lowest BCUT2D eigenvalue weighted by molar-refractivity contribution is -0.411. The highest BCUT2D eigenvalue weighted by molar-refractivity contribution is 8.01. The van der Waals surface area contributed by atoms with E-state index >= 15 is 0 Å². The molecule has 1 N–H and O–H groups in total. The molecule has 1 aliphatic heterocycles. The molecule has 0 fully saturated rings. The second kappa shape index (κ2) is 2.36. The zero-order valence-corrected chi connectivity index (χ0v) is 5.70. The van der Waals surface area contributed by atoms with Crippen LogP contribution in [0.5, 0.6) is 0 Å². The standard InChI is InChI=1S/C4H6N2O2S/c1-3-2-5-9-4(3)6(7)8/h5H,2H2,1H3. The van der Waals surface area contributed by atoms with Gasteiger partial charge in [-0.3, -0.25) is 14.8 Å². The molecule has 0 aromatic heterocycles. The first-order valence-electron chi connectivity index (χ1n) is 2.45. The van der Waals surface area contributed by atoms with Gasteiger partial charge in [-0.25, -0.2) is 0 Å². The van der Waals surface area contributed by atoms with Crippen molar-refractivity contribution in [3.05, 3.63) is 20.7 Å². The Bertz CT molecular complexity index is 177. The van der Waals surface area contributed by atoms with Crippen LogP contribution in [0.2, 0.25) is 0 Å². The number of nitrogens with zero attached hydrogens (tertiary/aromatic N) is 1. The van der Waals surface area contributed by atoms with E-state index in [0.29, 0.717) is 6.54 Å². The Morgan fingerprint density at radius 1 is 1.89 bits per heavy atom. The van der Waals surface area contributed by atoms with E-state index in [4.69, 9.17) is 0 Å². The minimum Gasteiger partial charge on any atom is -0.258 e. The summed E-state index contributed by atoms with van der Waals surface area (Å²) in [6.07, 6.45) is 0. The highest BCUT2D eigenvalue weighted by Gasteiger charge is 2.21. The van der Waals surface area contributed by atoms with E-state index in [-0.39, 0.29) is 9.95 Å². The highest BCUT2D eigenvalue weighted by Crippen LogP contribution is 2.22. The molecule has 1 rings (SSSR count). The first-order valence-corrected chi connectivity index (χ1v) is 3.27. The maximum atomic E-state index is 10.1. The number of nitrogens with one attached hydrogen (secondary N) is 1. The fourth-order valence-electron chi connectivity index (χ4n) is 0.569. The fraction of sp³-hybridized carbons (Fsp3) is 0.500. The van der Waals surface area contributed by atoms with E-state index < -0.39 is 0 Å². The lowest BCUT2D eigenvalue weighted by Gasteiger charge is -1.86. The van der Waals surface area contributed by atoms with Crippen LogP contribution >= 0.6 is 11.9 Å². The Morgan fingerprint density at radius 3 is 2.78 bits per heavy atom. The summed E-state index contributed by atoms with van der Waals surface area (Å²) in [5.41, 5.74) is 0.810. The summed E-state index contributed by atoms with van der Waals surface area (Å²) in [7, 11) is 0. The molecule has 0 aromatic carbocycles. The molecule has 1 heterocycles. The van der Waals surface area contributed by atoms with E-state index in [1.165, 1.54) is 0 Å². The molecule has 0 spiro atoms. The third kappa shape index (κ3) is 1.22. The maximum absolute atomic E-state index is 10.1. The normalized spacial score (nSPS) is 18.8. The minimum atomic E-state index is -0.361. The molecule has 9 heavy (non-hydrogen) atoms. The number of hydrogen-bond donors (Lipinski definition) is 1. The van der Waals surface area contributed by atoms with Crippen molar-refractivity contribution in [1.82, 2.24) is 4.72 Å². The molecule has 0 unspecified atom stereocenters. The monoisotopic (exact) mass is 146 g/mol. The molecule has 0 saturated heterocycles. The Hall–Kier alpha value is -0.550. The maximum Gasteiger partial charge on any atom is 0.318 e. The predicted octanol–water partition coefficient (Wildman–Crippen LogP) is 0.746. The Balaban J connectivity index is 2.78. The van der Waals surface area contributed by atoms with Crippen LogP contribution in [-0.4, -0.2) is 11.5 Å². The lowest BCUT2D eigenvalue weighted by Crippen LogP contribution is -1.96. The zero-order chi connectivity index (χ0) is 6.85. The summed E-state index contributed by atoms with van der Waals surface area (Å²) < 4.78 is 2.80. The van der Waals surface area contributed by atoms with E-state index in [1.54, 1.807) is 6.92 Å². The smallest absolute Gasteiger partial charge is 0.258 e. The Kier molecular flexibility index (Phi) is 1.73. The summed E-state index contributed by atoms with van der Waals surface area (Å²) in [4.78, 5) is 9.74. The lowest BCUT2D eigenvalue weighted by atomic mass is 10.3. The molecule has 5 heteroatoms. The summed E-state index contributed by atoms with van der Waals surface area (Å²) >= 11 is 1.09. The summed E-state index contributed by atoms with van der Waals surface area (Å²) in [6.45, 7) is 2.38. The summed E-state index contributed by atoms with van der Waals surface area (Å²) in [5.74, 6) is 0. The van der Waals surface area contributed by atoms with Crippen LogP contribution in [0.25, 0.3) is 0 Å². The van der Waals surface area contributed by atoms with Crippen LogP contribution in [0.4, 0.5) is 0 Å². The van der Waals surface area contributed by atoms with Gasteiger partial charge < -0.3 is 0 Å². The van der Waals surface area contributed by atoms with Crippen molar-refractivity contribution in [2.45, 2.75) is 6.92 Å². The van der Waals surface area contributed by atoms with Gasteiger partial charge >= 0.3 is 5.03 Å². The second-order valence-electron chi connectivity index (χ2n) is 1.77. The van der Waals surface area contributed by atoms with Gasteiger partial charge in [0.05, 0.1) is 4.92 Å². The molecule has 4 nitrogen and oxygen atoms in total. The third-order valence-electron chi connectivity index (χ3n) is 1.04. The van der Waals surface area contributed by atoms with Crippen LogP contribution in [-0.2, 0) is 0 Å². The molecule has 0 radical (unpaired) electrons. The van der Waals surface area contributed by atoms with E-state index in [9.17, 15) is 10.1 Å². The largest absolute Gasteiger partial charge is 0.318 e. The van der Waals surface area contributed by atoms with Crippen LogP contribution in [0.1, 0.15) is 6.92 Å². The number of nitro groups is 1. The van der Waals surface area contributed by atoms with Crippen molar-refractivity contribution in [2.24, 2.45) is 0 Å². The van der Waals surface area contributed by atoms with Gasteiger partial charge in [0.25, 0.3) is 0 Å². The molecule has 1 aliphatic rings. The Morgan fingerprint density at radius 2 is 2.56 bits per heavy atom. The van der Waals surface area contributed by atoms with Gasteiger partial charge in [0.2, 0.25) is 0 Å². The van der Waals surface area contributed by atoms with Gasteiger partial charge in [0.1, 0.15) is 0 Å². The zero-order valence-electron chi connectivity index (χ0n) is 4.88. The van der Waals surface area contributed by atoms with Crippen molar-refractivity contribution in [1.29, 1.82) is 0 Å². The van der Waals surface area contributed by atoms with Crippen molar-refractivity contribution >= 4 is 11.9 Å². The molecule has 0 amide bonds. The SMILES string of the molecule is CC1=C([N+](=O)[O-])SNC1. The van der Waals surface area contributed by atoms with E-state index in [2.05, 4.69) is 4.72 Å². The number of rotatable bonds is 1. The van der Waals surface area contributed by atoms with Gasteiger partial charge in [0, 0.05) is 24.1 Å². The predicted molar refractivity (Wildman–Crippen MR) is 35.3 cm³/mol. The van der Waals surface area contributed by atoms with Crippen LogP contribution in [0.15, 0.2) is 10.6 Å². The van der Waals surface area contributed by atoms with Crippen molar-refractivity contribution < 1.29 is 4.92 Å². The van der Waals surface area contributed by atoms with Crippen molar-refractivity contribution in [3.8, 4) is 0 Å². The average molecular weight is 146 g/mol. The van der Waals surface area contributed by atoms with E-state index in [0.717, 1.165) is 17.5 Å². The molecule has 0 aliphatic carbocycles. The summed E-state index contributed by atoms with van der Waals surface area (Å²) in [5, 5.41) is 10.3. The van der Waals surface area contributed by atoms with Crippen molar-refractivity contribution in [3.63, 3.8) is 0 Å². The van der Waals surface area contributed by atoms with E-state index in [1.807, 2.05) is 0 Å². The molecule has 50 valence electrons. The van der Waals surface area contributed by atoms with Gasteiger partial charge in [0.15, 0.2) is 0 Å². The molecular formula is C4H6N2O2S. The quantitative estimate of drug-likeness (QED) is 0.337. The topological polar surface area (TPSA) is 55.2 Å². The van der Waals surface area contributed by atoms with Crippen LogP contribution < -0.4 is 4.72 Å². The highest BCUT2D eigenvalue weighted by atomic mass is 32.2. The number of hydrogen-bond acceptors (Lipinski definition) is 4. The molecular weight excluding hydrogens is 140 g/mol. The molecule has 0 bridgehead atoms. The Labute approximate surface area is 56.6 Å². The van der Waals surface area contributed by atoms with Crippen molar-refractivity contribution in [2.75, 3.05) is 6.54 Å². The van der Waals surface area contributed by atoms with Crippen LogP contribution in [0, 0.1) is 10.1 Å². The third-order valence-corrected chi connectivity index (χ3v) is 2.02. The average Bonchev–Trinajstić information content (AvgIpc) is 2.13. The molecule has 0 aromatic rings. The van der Waals surface area contributed by atoms with Crippen LogP contribution in [0.3, 0.4) is 0 Å². The molecule has 0 atom stereocenters. The van der Waals surface area contributed by atoms with Gasteiger partial charge in [-0.1, -0.05) is 0 Å². The minimum absolute atomic E-state index is 0.245. The van der Waals surface area contributed by atoms with Gasteiger partial charge in [-0.2, -0.15) is 0 Å². The van der Waals surface area contributed by atoms with Gasteiger partial charge in [-0.15, -0.1) is 0 Å². The fourth-order valence-corrected chi connectivity index (χ4v) is 1.31. The molecule has 0 saturated carbocycles. The van der Waals surface area contributed by atoms with Gasteiger partial charge in [-0.05, 0) is 6.92 Å². The second-order valence-corrected chi connectivity index (χ2v) is 2.65.